The standard InChI is InChI=1S/C19H17BrN2OS/c20-16-8-6-13(7-9-16)18(23)12-24-19-15(11-21)10-14-4-2-1-3-5-17(14)22-19/h6-10H,1-5,12H2. The first-order chi connectivity index (χ1) is 11.7. The highest BCUT2D eigenvalue weighted by Gasteiger charge is 2.16. The van der Waals surface area contributed by atoms with Gasteiger partial charge in [-0.15, -0.1) is 0 Å². The van der Waals surface area contributed by atoms with Crippen LogP contribution < -0.4 is 0 Å². The molecule has 0 fully saturated rings. The molecule has 0 saturated carbocycles. The van der Waals surface area contributed by atoms with Crippen molar-refractivity contribution in [1.82, 2.24) is 4.98 Å². The number of ketones is 1. The molecule has 3 rings (SSSR count). The summed E-state index contributed by atoms with van der Waals surface area (Å²) in [4.78, 5) is 17.0. The largest absolute Gasteiger partial charge is 0.293 e. The van der Waals surface area contributed by atoms with Crippen molar-refractivity contribution in [3.8, 4) is 6.07 Å². The fourth-order valence-corrected chi connectivity index (χ4v) is 3.97. The minimum absolute atomic E-state index is 0.0492. The lowest BCUT2D eigenvalue weighted by molar-refractivity contribution is 0.102. The molecule has 0 bridgehead atoms. The molecule has 0 N–H and O–H groups in total. The number of carbonyl (C=O) groups is 1. The Kier molecular flexibility index (Phi) is 5.70. The third kappa shape index (κ3) is 4.06. The SMILES string of the molecule is N#Cc1cc2c(nc1SCC(=O)c1ccc(Br)cc1)CCCCC2. The summed E-state index contributed by atoms with van der Waals surface area (Å²) >= 11 is 4.73. The van der Waals surface area contributed by atoms with E-state index in [0.717, 1.165) is 35.8 Å². The van der Waals surface area contributed by atoms with Crippen LogP contribution in [-0.2, 0) is 12.8 Å². The van der Waals surface area contributed by atoms with Crippen LogP contribution in [-0.4, -0.2) is 16.5 Å². The zero-order valence-electron chi connectivity index (χ0n) is 13.2. The number of aromatic nitrogens is 1. The Hall–Kier alpha value is -1.64. The van der Waals surface area contributed by atoms with Crippen molar-refractivity contribution in [2.24, 2.45) is 0 Å². The Bertz CT molecular complexity index is 796. The summed E-state index contributed by atoms with van der Waals surface area (Å²) in [5, 5.41) is 10.1. The van der Waals surface area contributed by atoms with Gasteiger partial charge in [-0.2, -0.15) is 5.26 Å². The van der Waals surface area contributed by atoms with Gasteiger partial charge in [0.15, 0.2) is 5.78 Å². The molecule has 0 atom stereocenters. The highest BCUT2D eigenvalue weighted by atomic mass is 79.9. The van der Waals surface area contributed by atoms with Crippen LogP contribution in [0.4, 0.5) is 0 Å². The topological polar surface area (TPSA) is 53.8 Å². The van der Waals surface area contributed by atoms with E-state index in [1.165, 1.54) is 23.7 Å². The van der Waals surface area contributed by atoms with E-state index in [1.807, 2.05) is 30.3 Å². The maximum atomic E-state index is 12.3. The predicted octanol–water partition coefficient (Wildman–Crippen LogP) is 4.96. The number of hydrogen-bond acceptors (Lipinski definition) is 4. The average molecular weight is 401 g/mol. The van der Waals surface area contributed by atoms with Crippen LogP contribution in [0.3, 0.4) is 0 Å². The number of fused-ring (bicyclic) bond motifs is 1. The van der Waals surface area contributed by atoms with Crippen molar-refractivity contribution in [1.29, 1.82) is 5.26 Å². The fourth-order valence-electron chi connectivity index (χ4n) is 2.83. The van der Waals surface area contributed by atoms with Crippen molar-refractivity contribution in [3.05, 3.63) is 57.2 Å². The minimum Gasteiger partial charge on any atom is -0.293 e. The van der Waals surface area contributed by atoms with Crippen molar-refractivity contribution in [3.63, 3.8) is 0 Å². The molecule has 0 saturated heterocycles. The van der Waals surface area contributed by atoms with Crippen LogP contribution in [0.1, 0.15) is 46.4 Å². The molecule has 3 nitrogen and oxygen atoms in total. The highest BCUT2D eigenvalue weighted by Crippen LogP contribution is 2.27. The third-order valence-electron chi connectivity index (χ3n) is 4.14. The summed E-state index contributed by atoms with van der Waals surface area (Å²) in [5.74, 6) is 0.343. The second kappa shape index (κ2) is 7.96. The van der Waals surface area contributed by atoms with Gasteiger partial charge in [-0.25, -0.2) is 4.98 Å². The Morgan fingerprint density at radius 2 is 1.96 bits per heavy atom. The summed E-state index contributed by atoms with van der Waals surface area (Å²) in [7, 11) is 0. The molecule has 1 aliphatic rings. The quantitative estimate of drug-likeness (QED) is 0.413. The van der Waals surface area contributed by atoms with Crippen molar-refractivity contribution in [2.75, 3.05) is 5.75 Å². The number of nitriles is 1. The lowest BCUT2D eigenvalue weighted by Gasteiger charge is -2.09. The average Bonchev–Trinajstić information content (AvgIpc) is 2.84. The summed E-state index contributed by atoms with van der Waals surface area (Å²) in [6.45, 7) is 0. The number of Topliss-reactive ketones (excluding diaryl/α,β-unsaturated/α-hetero) is 1. The Morgan fingerprint density at radius 3 is 2.71 bits per heavy atom. The fraction of sp³-hybridized carbons (Fsp3) is 0.316. The van der Waals surface area contributed by atoms with E-state index in [-0.39, 0.29) is 5.78 Å². The van der Waals surface area contributed by atoms with Crippen LogP contribution in [0.5, 0.6) is 0 Å². The van der Waals surface area contributed by atoms with E-state index in [0.29, 0.717) is 21.9 Å². The van der Waals surface area contributed by atoms with Gasteiger partial charge in [0.05, 0.1) is 11.3 Å². The van der Waals surface area contributed by atoms with Crippen LogP contribution in [0.25, 0.3) is 0 Å². The van der Waals surface area contributed by atoms with Crippen molar-refractivity contribution < 1.29 is 4.79 Å². The zero-order chi connectivity index (χ0) is 16.9. The predicted molar refractivity (Wildman–Crippen MR) is 99.4 cm³/mol. The van der Waals surface area contributed by atoms with Crippen LogP contribution >= 0.6 is 27.7 Å². The van der Waals surface area contributed by atoms with Gasteiger partial charge < -0.3 is 0 Å². The molecule has 0 aliphatic heterocycles. The number of halogens is 1. The maximum absolute atomic E-state index is 12.3. The van der Waals surface area contributed by atoms with Gasteiger partial charge in [-0.05, 0) is 49.4 Å². The first-order valence-corrected chi connectivity index (χ1v) is 9.79. The molecular weight excluding hydrogens is 384 g/mol. The van der Waals surface area contributed by atoms with Gasteiger partial charge in [0.2, 0.25) is 0 Å². The van der Waals surface area contributed by atoms with E-state index in [9.17, 15) is 10.1 Å². The maximum Gasteiger partial charge on any atom is 0.173 e. The minimum atomic E-state index is 0.0492. The summed E-state index contributed by atoms with van der Waals surface area (Å²) in [5.41, 5.74) is 3.57. The summed E-state index contributed by atoms with van der Waals surface area (Å²) in [6.07, 6.45) is 5.49. The molecule has 1 aliphatic carbocycles. The first kappa shape index (κ1) is 17.2. The molecule has 122 valence electrons. The van der Waals surface area contributed by atoms with Crippen LogP contribution in [0.15, 0.2) is 39.8 Å². The normalized spacial score (nSPS) is 13.7. The molecule has 0 amide bonds. The van der Waals surface area contributed by atoms with E-state index >= 15 is 0 Å². The molecule has 24 heavy (non-hydrogen) atoms. The van der Waals surface area contributed by atoms with Gasteiger partial charge in [0, 0.05) is 15.7 Å². The van der Waals surface area contributed by atoms with E-state index in [4.69, 9.17) is 4.98 Å². The van der Waals surface area contributed by atoms with Gasteiger partial charge in [0.25, 0.3) is 0 Å². The smallest absolute Gasteiger partial charge is 0.173 e. The molecule has 2 aromatic rings. The van der Waals surface area contributed by atoms with Gasteiger partial charge in [-0.3, -0.25) is 4.79 Å². The van der Waals surface area contributed by atoms with Crippen LogP contribution in [0, 0.1) is 11.3 Å². The molecule has 5 heteroatoms. The van der Waals surface area contributed by atoms with Gasteiger partial charge in [0.1, 0.15) is 11.1 Å². The monoisotopic (exact) mass is 400 g/mol. The lowest BCUT2D eigenvalue weighted by atomic mass is 10.1. The third-order valence-corrected chi connectivity index (χ3v) is 5.66. The number of hydrogen-bond donors (Lipinski definition) is 0. The molecule has 0 unspecified atom stereocenters. The molecular formula is C19H17BrN2OS. The van der Waals surface area contributed by atoms with E-state index in [1.54, 1.807) is 0 Å². The summed E-state index contributed by atoms with van der Waals surface area (Å²) < 4.78 is 0.950. The van der Waals surface area contributed by atoms with Gasteiger partial charge >= 0.3 is 0 Å². The highest BCUT2D eigenvalue weighted by molar-refractivity contribution is 9.10. The first-order valence-electron chi connectivity index (χ1n) is 8.02. The number of thioether (sulfide) groups is 1. The molecule has 1 aromatic carbocycles. The Balaban J connectivity index is 1.77. The zero-order valence-corrected chi connectivity index (χ0v) is 15.6. The lowest BCUT2D eigenvalue weighted by Crippen LogP contribution is -2.05. The number of rotatable bonds is 4. The summed E-state index contributed by atoms with van der Waals surface area (Å²) in [6, 6.07) is 11.5. The van der Waals surface area contributed by atoms with Crippen LogP contribution in [0.2, 0.25) is 0 Å². The second-order valence-electron chi connectivity index (χ2n) is 5.84. The Labute approximate surface area is 154 Å². The second-order valence-corrected chi connectivity index (χ2v) is 7.72. The van der Waals surface area contributed by atoms with E-state index in [2.05, 4.69) is 22.0 Å². The number of nitrogens with zero attached hydrogens (tertiary/aromatic N) is 2. The molecule has 1 heterocycles. The Morgan fingerprint density at radius 1 is 1.21 bits per heavy atom. The number of aryl methyl sites for hydroxylation is 2. The van der Waals surface area contributed by atoms with E-state index < -0.39 is 0 Å². The molecule has 0 radical (unpaired) electrons. The molecule has 0 spiro atoms. The van der Waals surface area contributed by atoms with Crippen molar-refractivity contribution >= 4 is 33.5 Å². The number of benzene rings is 1. The number of carbonyl (C=O) groups excluding carboxylic acids is 1. The van der Waals surface area contributed by atoms with Crippen molar-refractivity contribution in [2.45, 2.75) is 37.1 Å². The molecule has 1 aromatic heterocycles. The van der Waals surface area contributed by atoms with Gasteiger partial charge in [-0.1, -0.05) is 46.2 Å². The number of pyridine rings is 1.